The Kier molecular flexibility index (Phi) is 5.32. The van der Waals surface area contributed by atoms with Gasteiger partial charge in [-0.1, -0.05) is 17.8 Å². The number of nitro benzene ring substituents is 1. The molecular formula is C20H17N5O4S. The van der Waals surface area contributed by atoms with Crippen molar-refractivity contribution in [2.75, 3.05) is 0 Å². The number of benzene rings is 2. The van der Waals surface area contributed by atoms with Gasteiger partial charge in [0.15, 0.2) is 0 Å². The average Bonchev–Trinajstić information content (AvgIpc) is 3.40. The molecule has 2 heterocycles. The molecule has 9 nitrogen and oxygen atoms in total. The number of thioether (sulfide) groups is 1. The fourth-order valence-electron chi connectivity index (χ4n) is 2.69. The molecule has 0 radical (unpaired) electrons. The highest BCUT2D eigenvalue weighted by molar-refractivity contribution is 7.99. The van der Waals surface area contributed by atoms with Gasteiger partial charge in [0.1, 0.15) is 0 Å². The zero-order valence-electron chi connectivity index (χ0n) is 16.4. The summed E-state index contributed by atoms with van der Waals surface area (Å²) in [5.41, 5.74) is 3.81. The van der Waals surface area contributed by atoms with E-state index in [1.54, 1.807) is 12.1 Å². The summed E-state index contributed by atoms with van der Waals surface area (Å²) < 4.78 is 11.5. The molecule has 2 aromatic carbocycles. The second kappa shape index (κ2) is 8.07. The van der Waals surface area contributed by atoms with Crippen molar-refractivity contribution in [3.8, 4) is 22.9 Å². The molecular weight excluding hydrogens is 406 g/mol. The van der Waals surface area contributed by atoms with Crippen molar-refractivity contribution in [3.63, 3.8) is 0 Å². The molecule has 1 atom stereocenters. The minimum absolute atomic E-state index is 0.00150. The van der Waals surface area contributed by atoms with Crippen LogP contribution < -0.4 is 0 Å². The third-order valence-corrected chi connectivity index (χ3v) is 5.47. The molecule has 0 aliphatic carbocycles. The van der Waals surface area contributed by atoms with Crippen LogP contribution in [0.15, 0.2) is 56.5 Å². The fraction of sp³-hybridized carbons (Fsp3) is 0.200. The van der Waals surface area contributed by atoms with Crippen LogP contribution in [0, 0.1) is 24.0 Å². The lowest BCUT2D eigenvalue weighted by atomic mass is 10.1. The van der Waals surface area contributed by atoms with Crippen LogP contribution in [-0.4, -0.2) is 25.3 Å². The fourth-order valence-corrected chi connectivity index (χ4v) is 3.40. The summed E-state index contributed by atoms with van der Waals surface area (Å²) in [6.45, 7) is 5.97. The summed E-state index contributed by atoms with van der Waals surface area (Å²) in [5.74, 6) is 1.12. The first kappa shape index (κ1) is 19.8. The summed E-state index contributed by atoms with van der Waals surface area (Å²) >= 11 is 1.31. The van der Waals surface area contributed by atoms with E-state index in [0.717, 1.165) is 11.1 Å². The Balaban J connectivity index is 1.47. The Morgan fingerprint density at radius 3 is 2.27 bits per heavy atom. The number of aryl methyl sites for hydroxylation is 2. The van der Waals surface area contributed by atoms with Gasteiger partial charge in [-0.05, 0) is 56.2 Å². The smallest absolute Gasteiger partial charge is 0.277 e. The summed E-state index contributed by atoms with van der Waals surface area (Å²) in [7, 11) is 0. The van der Waals surface area contributed by atoms with Crippen LogP contribution in [-0.2, 0) is 0 Å². The average molecular weight is 423 g/mol. The Morgan fingerprint density at radius 2 is 1.57 bits per heavy atom. The topological polar surface area (TPSA) is 121 Å². The van der Waals surface area contributed by atoms with Gasteiger partial charge in [-0.2, -0.15) is 0 Å². The summed E-state index contributed by atoms with van der Waals surface area (Å²) in [6.07, 6.45) is 0. The minimum Gasteiger partial charge on any atom is -0.419 e. The van der Waals surface area contributed by atoms with Crippen molar-refractivity contribution in [2.45, 2.75) is 31.2 Å². The molecule has 2 aromatic heterocycles. The van der Waals surface area contributed by atoms with E-state index in [4.69, 9.17) is 8.83 Å². The monoisotopic (exact) mass is 423 g/mol. The first-order valence-electron chi connectivity index (χ1n) is 9.06. The lowest BCUT2D eigenvalue weighted by Gasteiger charge is -2.02. The van der Waals surface area contributed by atoms with E-state index in [0.29, 0.717) is 22.6 Å². The molecule has 4 rings (SSSR count). The van der Waals surface area contributed by atoms with Gasteiger partial charge in [-0.25, -0.2) is 0 Å². The van der Waals surface area contributed by atoms with Crippen molar-refractivity contribution >= 4 is 17.4 Å². The molecule has 0 bridgehead atoms. The van der Waals surface area contributed by atoms with E-state index >= 15 is 0 Å². The molecule has 0 saturated carbocycles. The van der Waals surface area contributed by atoms with Crippen molar-refractivity contribution in [2.24, 2.45) is 0 Å². The largest absolute Gasteiger partial charge is 0.419 e. The number of nitrogens with zero attached hydrogens (tertiary/aromatic N) is 5. The number of hydrogen-bond acceptors (Lipinski definition) is 9. The number of nitro groups is 1. The molecule has 0 amide bonds. The maximum atomic E-state index is 10.8. The van der Waals surface area contributed by atoms with E-state index in [-0.39, 0.29) is 16.8 Å². The molecule has 0 aliphatic rings. The van der Waals surface area contributed by atoms with Crippen molar-refractivity contribution in [1.29, 1.82) is 0 Å². The van der Waals surface area contributed by atoms with Crippen LogP contribution >= 0.6 is 11.8 Å². The van der Waals surface area contributed by atoms with E-state index in [2.05, 4.69) is 20.4 Å². The number of non-ortho nitro benzene ring substituents is 1. The van der Waals surface area contributed by atoms with Crippen LogP contribution in [0.1, 0.15) is 29.2 Å². The zero-order valence-corrected chi connectivity index (χ0v) is 17.2. The summed E-state index contributed by atoms with van der Waals surface area (Å²) in [4.78, 5) is 10.3. The lowest BCUT2D eigenvalue weighted by Crippen LogP contribution is -1.88. The molecule has 0 N–H and O–H groups in total. The quantitative estimate of drug-likeness (QED) is 0.235. The van der Waals surface area contributed by atoms with E-state index in [9.17, 15) is 10.1 Å². The SMILES string of the molecule is Cc1ccc(-c2nnc(SC(C)c3nnc(-c4ccc([N+](=O)[O-])cc4)o3)o2)cc1C. The highest BCUT2D eigenvalue weighted by Gasteiger charge is 2.20. The minimum atomic E-state index is -0.460. The Morgan fingerprint density at radius 1 is 0.900 bits per heavy atom. The Labute approximate surface area is 175 Å². The van der Waals surface area contributed by atoms with E-state index < -0.39 is 4.92 Å². The van der Waals surface area contributed by atoms with Crippen molar-refractivity contribution in [3.05, 3.63) is 69.6 Å². The van der Waals surface area contributed by atoms with Crippen LogP contribution in [0.25, 0.3) is 22.9 Å². The van der Waals surface area contributed by atoms with Gasteiger partial charge in [0.2, 0.25) is 17.7 Å². The van der Waals surface area contributed by atoms with Crippen molar-refractivity contribution < 1.29 is 13.8 Å². The highest BCUT2D eigenvalue weighted by Crippen LogP contribution is 2.35. The van der Waals surface area contributed by atoms with Crippen LogP contribution in [0.4, 0.5) is 5.69 Å². The molecule has 0 aliphatic heterocycles. The van der Waals surface area contributed by atoms with Gasteiger partial charge < -0.3 is 8.83 Å². The molecule has 10 heteroatoms. The number of hydrogen-bond donors (Lipinski definition) is 0. The van der Waals surface area contributed by atoms with Crippen LogP contribution in [0.2, 0.25) is 0 Å². The van der Waals surface area contributed by atoms with E-state index in [1.165, 1.54) is 29.5 Å². The predicted octanol–water partition coefficient (Wildman–Crippen LogP) is 5.16. The number of aromatic nitrogens is 4. The summed E-state index contributed by atoms with van der Waals surface area (Å²) in [6, 6.07) is 11.9. The van der Waals surface area contributed by atoms with Gasteiger partial charge in [-0.3, -0.25) is 10.1 Å². The molecule has 0 fully saturated rings. The highest BCUT2D eigenvalue weighted by atomic mass is 32.2. The first-order chi connectivity index (χ1) is 14.4. The third kappa shape index (κ3) is 4.08. The molecule has 152 valence electrons. The second-order valence-electron chi connectivity index (χ2n) is 6.68. The maximum absolute atomic E-state index is 10.8. The maximum Gasteiger partial charge on any atom is 0.277 e. The molecule has 4 aromatic rings. The Bertz CT molecular complexity index is 1200. The predicted molar refractivity (Wildman–Crippen MR) is 110 cm³/mol. The Hall–Kier alpha value is -3.53. The van der Waals surface area contributed by atoms with Gasteiger partial charge in [-0.15, -0.1) is 20.4 Å². The normalized spacial score (nSPS) is 12.1. The molecule has 0 spiro atoms. The van der Waals surface area contributed by atoms with Gasteiger partial charge in [0.05, 0.1) is 10.2 Å². The number of rotatable bonds is 6. The summed E-state index contributed by atoms with van der Waals surface area (Å²) in [5, 5.41) is 27.3. The molecule has 30 heavy (non-hydrogen) atoms. The third-order valence-electron chi connectivity index (χ3n) is 4.55. The molecule has 0 saturated heterocycles. The zero-order chi connectivity index (χ0) is 21.3. The van der Waals surface area contributed by atoms with Crippen LogP contribution in [0.5, 0.6) is 0 Å². The van der Waals surface area contributed by atoms with Gasteiger partial charge in [0, 0.05) is 23.3 Å². The lowest BCUT2D eigenvalue weighted by molar-refractivity contribution is -0.384. The van der Waals surface area contributed by atoms with Crippen molar-refractivity contribution in [1.82, 2.24) is 20.4 Å². The second-order valence-corrected chi connectivity index (χ2v) is 7.97. The van der Waals surface area contributed by atoms with Gasteiger partial charge >= 0.3 is 0 Å². The first-order valence-corrected chi connectivity index (χ1v) is 9.94. The van der Waals surface area contributed by atoms with Gasteiger partial charge in [0.25, 0.3) is 10.9 Å². The standard InChI is InChI=1S/C20H17N5O4S/c1-11-4-5-15(10-12(11)2)19-23-24-20(29-19)30-13(3)17-21-22-18(28-17)14-6-8-16(9-7-14)25(26)27/h4-10,13H,1-3H3. The molecule has 1 unspecified atom stereocenters. The van der Waals surface area contributed by atoms with E-state index in [1.807, 2.05) is 39.0 Å². The van der Waals surface area contributed by atoms with Crippen LogP contribution in [0.3, 0.4) is 0 Å².